The molecule has 1 aliphatic heterocycles. The highest BCUT2D eigenvalue weighted by atomic mass is 19.4. The number of aliphatic hydroxyl groups is 1. The number of benzene rings is 2. The average molecular weight is 555 g/mol. The highest BCUT2D eigenvalue weighted by Gasteiger charge is 2.35. The van der Waals surface area contributed by atoms with E-state index in [0.29, 0.717) is 49.1 Å². The number of hydrogen-bond acceptors (Lipinski definition) is 5. The number of halogens is 3. The van der Waals surface area contributed by atoms with E-state index in [9.17, 15) is 27.9 Å². The minimum Gasteiger partial charge on any atom is -0.406 e. The lowest BCUT2D eigenvalue weighted by Gasteiger charge is -2.38. The van der Waals surface area contributed by atoms with E-state index in [0.717, 1.165) is 5.56 Å². The molecule has 3 heterocycles. The molecule has 210 valence electrons. The number of amides is 1. The van der Waals surface area contributed by atoms with E-state index in [1.54, 1.807) is 21.7 Å². The summed E-state index contributed by atoms with van der Waals surface area (Å²) < 4.78 is 44.2. The number of nitrogens with zero attached hydrogens (tertiary/aromatic N) is 4. The summed E-state index contributed by atoms with van der Waals surface area (Å²) in [6.45, 7) is 2.84. The summed E-state index contributed by atoms with van der Waals surface area (Å²) in [5.41, 5.74) is 0.437. The van der Waals surface area contributed by atoms with Crippen molar-refractivity contribution in [2.45, 2.75) is 50.6 Å². The molecule has 1 amide bonds. The fourth-order valence-electron chi connectivity index (χ4n) is 5.12. The molecule has 1 aliphatic rings. The predicted octanol–water partition coefficient (Wildman–Crippen LogP) is 4.63. The molecule has 0 spiro atoms. The number of ether oxygens (including phenoxy) is 1. The first-order valence-corrected chi connectivity index (χ1v) is 13.0. The van der Waals surface area contributed by atoms with Crippen LogP contribution < -0.4 is 10.3 Å². The van der Waals surface area contributed by atoms with Crippen molar-refractivity contribution in [3.05, 3.63) is 89.1 Å². The standard InChI is InChI=1S/C29H29F3N4O4/c1-20(21-5-3-2-4-6-21)17-25(37)34-15-12-28(39,13-16-34)18-35-19-33-26-24(27(35)38)11-14-36(26)22-7-9-23(10-8-22)40-29(30,31)32/h2-11,14,19-20,39H,12-13,15-18H2,1H3/t20-/m1/s1. The van der Waals surface area contributed by atoms with Crippen molar-refractivity contribution in [1.29, 1.82) is 0 Å². The monoisotopic (exact) mass is 554 g/mol. The first-order valence-electron chi connectivity index (χ1n) is 13.0. The molecular formula is C29H29F3N4O4. The zero-order valence-electron chi connectivity index (χ0n) is 21.8. The van der Waals surface area contributed by atoms with E-state index in [-0.39, 0.29) is 29.7 Å². The van der Waals surface area contributed by atoms with Gasteiger partial charge in [-0.1, -0.05) is 37.3 Å². The van der Waals surface area contributed by atoms with Crippen molar-refractivity contribution in [3.8, 4) is 11.4 Å². The minimum absolute atomic E-state index is 0.0336. The topological polar surface area (TPSA) is 89.6 Å². The summed E-state index contributed by atoms with van der Waals surface area (Å²) in [6, 6.07) is 16.7. The fourth-order valence-corrected chi connectivity index (χ4v) is 5.12. The molecule has 11 heteroatoms. The quantitative estimate of drug-likeness (QED) is 0.360. The van der Waals surface area contributed by atoms with Gasteiger partial charge in [0.05, 0.1) is 17.5 Å². The Hall–Kier alpha value is -4.12. The predicted molar refractivity (Wildman–Crippen MR) is 142 cm³/mol. The molecule has 1 fully saturated rings. The second kappa shape index (κ2) is 10.8. The Bertz CT molecular complexity index is 1540. The van der Waals surface area contributed by atoms with Crippen LogP contribution in [0.15, 0.2) is 78.0 Å². The Balaban J connectivity index is 1.24. The molecule has 2 aromatic heterocycles. The van der Waals surface area contributed by atoms with Crippen LogP contribution in [0.4, 0.5) is 13.2 Å². The highest BCUT2D eigenvalue weighted by molar-refractivity contribution is 5.77. The van der Waals surface area contributed by atoms with Gasteiger partial charge in [-0.2, -0.15) is 0 Å². The van der Waals surface area contributed by atoms with E-state index >= 15 is 0 Å². The molecule has 0 unspecified atom stereocenters. The summed E-state index contributed by atoms with van der Waals surface area (Å²) in [4.78, 5) is 32.3. The fraction of sp³-hybridized carbons (Fsp3) is 0.345. The van der Waals surface area contributed by atoms with Gasteiger partial charge in [0.25, 0.3) is 5.56 Å². The molecule has 1 atom stereocenters. The third kappa shape index (κ3) is 6.04. The van der Waals surface area contributed by atoms with Crippen LogP contribution in [0.5, 0.6) is 5.75 Å². The number of alkyl halides is 3. The second-order valence-corrected chi connectivity index (χ2v) is 10.3. The number of carbonyl (C=O) groups is 1. The van der Waals surface area contributed by atoms with Gasteiger partial charge in [0.2, 0.25) is 5.91 Å². The number of carbonyl (C=O) groups excluding carboxylic acids is 1. The second-order valence-electron chi connectivity index (χ2n) is 10.3. The number of piperidine rings is 1. The number of aromatic nitrogens is 3. The van der Waals surface area contributed by atoms with Crippen LogP contribution in [0, 0.1) is 0 Å². The number of likely N-dealkylation sites (tertiary alicyclic amines) is 1. The molecule has 0 saturated carbocycles. The maximum absolute atomic E-state index is 13.2. The average Bonchev–Trinajstić information content (AvgIpc) is 3.35. The Labute approximate surface area is 228 Å². The molecule has 1 N–H and O–H groups in total. The lowest BCUT2D eigenvalue weighted by Crippen LogP contribution is -2.49. The SMILES string of the molecule is C[C@H](CC(=O)N1CCC(O)(Cn2cnc3c(ccn3-c3ccc(OC(F)(F)F)cc3)c2=O)CC1)c1ccccc1. The minimum atomic E-state index is -4.79. The molecule has 2 aromatic carbocycles. The highest BCUT2D eigenvalue weighted by Crippen LogP contribution is 2.28. The maximum atomic E-state index is 13.2. The number of rotatable bonds is 7. The number of fused-ring (bicyclic) bond motifs is 1. The molecule has 4 aromatic rings. The Morgan fingerprint density at radius 1 is 1.07 bits per heavy atom. The van der Waals surface area contributed by atoms with Crippen LogP contribution in [0.25, 0.3) is 16.7 Å². The van der Waals surface area contributed by atoms with Crippen LogP contribution in [0.3, 0.4) is 0 Å². The van der Waals surface area contributed by atoms with Crippen molar-refractivity contribution in [3.63, 3.8) is 0 Å². The molecule has 0 radical (unpaired) electrons. The van der Waals surface area contributed by atoms with Crippen LogP contribution in [0.2, 0.25) is 0 Å². The van der Waals surface area contributed by atoms with Gasteiger partial charge in [-0.3, -0.25) is 14.2 Å². The van der Waals surface area contributed by atoms with Gasteiger partial charge in [0.15, 0.2) is 5.65 Å². The van der Waals surface area contributed by atoms with Gasteiger partial charge in [0.1, 0.15) is 12.1 Å². The van der Waals surface area contributed by atoms with E-state index < -0.39 is 12.0 Å². The van der Waals surface area contributed by atoms with Crippen LogP contribution in [0.1, 0.15) is 37.7 Å². The molecular weight excluding hydrogens is 525 g/mol. The van der Waals surface area contributed by atoms with Crippen molar-refractivity contribution in [2.75, 3.05) is 13.1 Å². The van der Waals surface area contributed by atoms with Gasteiger partial charge >= 0.3 is 6.36 Å². The molecule has 0 bridgehead atoms. The van der Waals surface area contributed by atoms with E-state index in [1.165, 1.54) is 35.2 Å². The van der Waals surface area contributed by atoms with E-state index in [2.05, 4.69) is 9.72 Å². The van der Waals surface area contributed by atoms with Crippen LogP contribution in [-0.2, 0) is 11.3 Å². The maximum Gasteiger partial charge on any atom is 0.573 e. The lowest BCUT2D eigenvalue weighted by atomic mass is 9.90. The van der Waals surface area contributed by atoms with E-state index in [1.807, 2.05) is 37.3 Å². The van der Waals surface area contributed by atoms with Crippen molar-refractivity contribution < 1.29 is 27.8 Å². The molecule has 1 saturated heterocycles. The Morgan fingerprint density at radius 2 is 1.75 bits per heavy atom. The largest absolute Gasteiger partial charge is 0.573 e. The van der Waals surface area contributed by atoms with Gasteiger partial charge in [-0.05, 0) is 54.7 Å². The van der Waals surface area contributed by atoms with Crippen molar-refractivity contribution in [2.24, 2.45) is 0 Å². The van der Waals surface area contributed by atoms with Crippen LogP contribution in [-0.4, -0.2) is 55.1 Å². The third-order valence-corrected chi connectivity index (χ3v) is 7.38. The third-order valence-electron chi connectivity index (χ3n) is 7.38. The van der Waals surface area contributed by atoms with Crippen molar-refractivity contribution >= 4 is 16.9 Å². The molecule has 40 heavy (non-hydrogen) atoms. The van der Waals surface area contributed by atoms with E-state index in [4.69, 9.17) is 0 Å². The van der Waals surface area contributed by atoms with Gasteiger partial charge in [0, 0.05) is 31.4 Å². The zero-order chi connectivity index (χ0) is 28.5. The summed E-state index contributed by atoms with van der Waals surface area (Å²) in [5, 5.41) is 11.6. The first kappa shape index (κ1) is 27.4. The van der Waals surface area contributed by atoms with Gasteiger partial charge in [-0.25, -0.2) is 4.98 Å². The van der Waals surface area contributed by atoms with Crippen molar-refractivity contribution in [1.82, 2.24) is 19.0 Å². The Kier molecular flexibility index (Phi) is 7.41. The lowest BCUT2D eigenvalue weighted by molar-refractivity contribution is -0.274. The number of hydrogen-bond donors (Lipinski definition) is 1. The summed E-state index contributed by atoms with van der Waals surface area (Å²) >= 11 is 0. The molecule has 8 nitrogen and oxygen atoms in total. The zero-order valence-corrected chi connectivity index (χ0v) is 21.8. The summed E-state index contributed by atoms with van der Waals surface area (Å²) in [5.74, 6) is -0.225. The summed E-state index contributed by atoms with van der Waals surface area (Å²) in [7, 11) is 0. The normalized spacial score (nSPS) is 16.2. The molecule has 5 rings (SSSR count). The van der Waals surface area contributed by atoms with Gasteiger partial charge < -0.3 is 19.3 Å². The first-order chi connectivity index (χ1) is 19.0. The smallest absolute Gasteiger partial charge is 0.406 e. The van der Waals surface area contributed by atoms with Crippen LogP contribution >= 0.6 is 0 Å². The molecule has 0 aliphatic carbocycles. The van der Waals surface area contributed by atoms with Gasteiger partial charge in [-0.15, -0.1) is 13.2 Å². The summed E-state index contributed by atoms with van der Waals surface area (Å²) in [6.07, 6.45) is -0.771. The Morgan fingerprint density at radius 3 is 2.40 bits per heavy atom.